The molecule has 0 aromatic carbocycles. The van der Waals surface area contributed by atoms with Crippen LogP contribution in [0, 0.1) is 6.92 Å². The van der Waals surface area contributed by atoms with Gasteiger partial charge in [-0.25, -0.2) is 0 Å². The summed E-state index contributed by atoms with van der Waals surface area (Å²) in [6, 6.07) is 0. The number of aromatic nitrogens is 2. The lowest BCUT2D eigenvalue weighted by molar-refractivity contribution is 0.0255. The highest BCUT2D eigenvalue weighted by Gasteiger charge is 2.01. The molecule has 110 valence electrons. The van der Waals surface area contributed by atoms with Crippen molar-refractivity contribution in [2.45, 2.75) is 13.5 Å². The van der Waals surface area contributed by atoms with Gasteiger partial charge in [0, 0.05) is 39.0 Å². The summed E-state index contributed by atoms with van der Waals surface area (Å²) >= 11 is 0. The van der Waals surface area contributed by atoms with Crippen molar-refractivity contribution in [2.75, 3.05) is 46.7 Å². The first-order chi connectivity index (χ1) is 9.24. The molecule has 6 nitrogen and oxygen atoms in total. The van der Waals surface area contributed by atoms with Gasteiger partial charge >= 0.3 is 0 Å². The minimum atomic E-state index is 0.616. The van der Waals surface area contributed by atoms with E-state index in [4.69, 9.17) is 14.2 Å². The van der Waals surface area contributed by atoms with Crippen LogP contribution in [0.5, 0.6) is 0 Å². The molecule has 0 bridgehead atoms. The van der Waals surface area contributed by atoms with Crippen LogP contribution >= 0.6 is 0 Å². The van der Waals surface area contributed by atoms with Crippen molar-refractivity contribution >= 4 is 0 Å². The predicted molar refractivity (Wildman–Crippen MR) is 73.2 cm³/mol. The molecular weight excluding hydrogens is 246 g/mol. The molecule has 0 fully saturated rings. The minimum Gasteiger partial charge on any atom is -0.382 e. The monoisotopic (exact) mass is 271 g/mol. The fraction of sp³-hybridized carbons (Fsp3) is 0.769. The molecule has 0 radical (unpaired) electrons. The van der Waals surface area contributed by atoms with Crippen molar-refractivity contribution in [3.8, 4) is 0 Å². The molecule has 0 unspecified atom stereocenters. The van der Waals surface area contributed by atoms with Crippen molar-refractivity contribution in [2.24, 2.45) is 7.05 Å². The molecule has 1 rings (SSSR count). The first kappa shape index (κ1) is 16.1. The molecule has 0 saturated carbocycles. The Morgan fingerprint density at radius 2 is 1.84 bits per heavy atom. The largest absolute Gasteiger partial charge is 0.382 e. The Morgan fingerprint density at radius 3 is 2.47 bits per heavy atom. The molecule has 0 saturated heterocycles. The third kappa shape index (κ3) is 7.27. The van der Waals surface area contributed by atoms with Gasteiger partial charge in [-0.3, -0.25) is 4.68 Å². The van der Waals surface area contributed by atoms with Gasteiger partial charge in [-0.1, -0.05) is 0 Å². The van der Waals surface area contributed by atoms with E-state index in [-0.39, 0.29) is 0 Å². The number of hydrogen-bond donors (Lipinski definition) is 1. The van der Waals surface area contributed by atoms with Crippen LogP contribution in [0.3, 0.4) is 0 Å². The highest BCUT2D eigenvalue weighted by Crippen LogP contribution is 2.03. The van der Waals surface area contributed by atoms with Crippen LogP contribution in [-0.4, -0.2) is 56.5 Å². The summed E-state index contributed by atoms with van der Waals surface area (Å²) in [5.74, 6) is 0. The fourth-order valence-electron chi connectivity index (χ4n) is 1.65. The second-order valence-electron chi connectivity index (χ2n) is 4.31. The van der Waals surface area contributed by atoms with Gasteiger partial charge in [0.2, 0.25) is 0 Å². The third-order valence-electron chi connectivity index (χ3n) is 2.66. The molecule has 1 aromatic heterocycles. The van der Waals surface area contributed by atoms with E-state index in [9.17, 15) is 0 Å². The normalized spacial score (nSPS) is 11.1. The Balaban J connectivity index is 1.90. The van der Waals surface area contributed by atoms with Crippen LogP contribution in [0.25, 0.3) is 0 Å². The van der Waals surface area contributed by atoms with Gasteiger partial charge in [0.05, 0.1) is 38.7 Å². The highest BCUT2D eigenvalue weighted by molar-refractivity contribution is 5.14. The van der Waals surface area contributed by atoms with Crippen molar-refractivity contribution in [3.63, 3.8) is 0 Å². The van der Waals surface area contributed by atoms with Gasteiger partial charge in [0.25, 0.3) is 0 Å². The molecule has 1 aromatic rings. The number of rotatable bonds is 11. The van der Waals surface area contributed by atoms with E-state index in [2.05, 4.69) is 10.4 Å². The van der Waals surface area contributed by atoms with Crippen LogP contribution in [0.1, 0.15) is 11.3 Å². The molecule has 0 aliphatic rings. The van der Waals surface area contributed by atoms with E-state index in [1.807, 2.05) is 24.9 Å². The number of hydrogen-bond acceptors (Lipinski definition) is 5. The van der Waals surface area contributed by atoms with E-state index in [0.717, 1.165) is 18.8 Å². The Morgan fingerprint density at radius 1 is 1.16 bits per heavy atom. The highest BCUT2D eigenvalue weighted by atomic mass is 16.5. The van der Waals surface area contributed by atoms with E-state index >= 15 is 0 Å². The minimum absolute atomic E-state index is 0.616. The SMILES string of the molecule is COCCOCCOCCNCc1cn(C)nc1C. The maximum atomic E-state index is 5.44. The Kier molecular flexibility index (Phi) is 8.40. The lowest BCUT2D eigenvalue weighted by atomic mass is 10.2. The van der Waals surface area contributed by atoms with Crippen LogP contribution in [0.15, 0.2) is 6.20 Å². The summed E-state index contributed by atoms with van der Waals surface area (Å²) in [6.07, 6.45) is 2.03. The van der Waals surface area contributed by atoms with Crippen molar-refractivity contribution in [1.29, 1.82) is 0 Å². The van der Waals surface area contributed by atoms with Gasteiger partial charge in [0.1, 0.15) is 0 Å². The van der Waals surface area contributed by atoms with E-state index < -0.39 is 0 Å². The maximum Gasteiger partial charge on any atom is 0.0701 e. The summed E-state index contributed by atoms with van der Waals surface area (Å²) in [6.45, 7) is 6.85. The second-order valence-corrected chi connectivity index (χ2v) is 4.31. The predicted octanol–water partition coefficient (Wildman–Crippen LogP) is 0.498. The Bertz CT molecular complexity index is 342. The van der Waals surface area contributed by atoms with E-state index in [1.165, 1.54) is 5.56 Å². The van der Waals surface area contributed by atoms with E-state index in [1.54, 1.807) is 7.11 Å². The van der Waals surface area contributed by atoms with Crippen LogP contribution in [0.2, 0.25) is 0 Å². The number of nitrogens with zero attached hydrogens (tertiary/aromatic N) is 2. The quantitative estimate of drug-likeness (QED) is 0.594. The molecule has 1 N–H and O–H groups in total. The van der Waals surface area contributed by atoms with Gasteiger partial charge in [-0.2, -0.15) is 5.10 Å². The third-order valence-corrected chi connectivity index (χ3v) is 2.66. The summed E-state index contributed by atoms with van der Waals surface area (Å²) < 4.78 is 17.4. The molecule has 1 heterocycles. The van der Waals surface area contributed by atoms with Crippen molar-refractivity contribution in [1.82, 2.24) is 15.1 Å². The topological polar surface area (TPSA) is 57.5 Å². The molecule has 19 heavy (non-hydrogen) atoms. The standard InChI is InChI=1S/C13H25N3O3/c1-12-13(11-16(2)15-12)10-14-4-5-18-8-9-19-7-6-17-3/h11,14H,4-10H2,1-3H3. The lowest BCUT2D eigenvalue weighted by Gasteiger charge is -2.06. The number of ether oxygens (including phenoxy) is 3. The first-order valence-corrected chi connectivity index (χ1v) is 6.58. The maximum absolute atomic E-state index is 5.44. The number of nitrogens with one attached hydrogen (secondary N) is 1. The number of methoxy groups -OCH3 is 1. The smallest absolute Gasteiger partial charge is 0.0701 e. The number of aryl methyl sites for hydroxylation is 2. The fourth-order valence-corrected chi connectivity index (χ4v) is 1.65. The molecule has 0 atom stereocenters. The van der Waals surface area contributed by atoms with Crippen LogP contribution in [0.4, 0.5) is 0 Å². The average molecular weight is 271 g/mol. The zero-order valence-electron chi connectivity index (χ0n) is 12.1. The van der Waals surface area contributed by atoms with Gasteiger partial charge < -0.3 is 19.5 Å². The lowest BCUT2D eigenvalue weighted by Crippen LogP contribution is -2.20. The first-order valence-electron chi connectivity index (χ1n) is 6.58. The summed E-state index contributed by atoms with van der Waals surface area (Å²) in [5, 5.41) is 7.62. The van der Waals surface area contributed by atoms with Crippen LogP contribution < -0.4 is 5.32 Å². The summed E-state index contributed by atoms with van der Waals surface area (Å²) in [5.41, 5.74) is 2.30. The molecule has 0 spiro atoms. The van der Waals surface area contributed by atoms with Crippen molar-refractivity contribution in [3.05, 3.63) is 17.5 Å². The Hall–Kier alpha value is -0.950. The van der Waals surface area contributed by atoms with Crippen LogP contribution in [-0.2, 0) is 27.8 Å². The zero-order valence-corrected chi connectivity index (χ0v) is 12.1. The molecule has 6 heteroatoms. The van der Waals surface area contributed by atoms with Crippen molar-refractivity contribution < 1.29 is 14.2 Å². The molecule has 0 aliphatic carbocycles. The van der Waals surface area contributed by atoms with E-state index in [0.29, 0.717) is 33.0 Å². The van der Waals surface area contributed by atoms with Gasteiger partial charge in [-0.15, -0.1) is 0 Å². The second kappa shape index (κ2) is 9.91. The zero-order chi connectivity index (χ0) is 13.9. The Labute approximate surface area is 115 Å². The van der Waals surface area contributed by atoms with Gasteiger partial charge in [-0.05, 0) is 6.92 Å². The molecular formula is C13H25N3O3. The molecule has 0 aliphatic heterocycles. The average Bonchev–Trinajstić information content (AvgIpc) is 2.70. The summed E-state index contributed by atoms with van der Waals surface area (Å²) in [4.78, 5) is 0. The molecule has 0 amide bonds. The van der Waals surface area contributed by atoms with Gasteiger partial charge in [0.15, 0.2) is 0 Å². The summed E-state index contributed by atoms with van der Waals surface area (Å²) in [7, 11) is 3.60.